The lowest BCUT2D eigenvalue weighted by atomic mass is 9.83. The van der Waals surface area contributed by atoms with Crippen LogP contribution in [0.3, 0.4) is 0 Å². The first-order chi connectivity index (χ1) is 12.2. The number of rotatable bonds is 0. The molecule has 2 aromatic carbocycles. The fourth-order valence-corrected chi connectivity index (χ4v) is 4.41. The van der Waals surface area contributed by atoms with Crippen molar-refractivity contribution in [2.45, 2.75) is 18.4 Å². The van der Waals surface area contributed by atoms with Gasteiger partial charge in [0.15, 0.2) is 23.0 Å². The van der Waals surface area contributed by atoms with Gasteiger partial charge in [-0.25, -0.2) is 0 Å². The second-order valence-corrected chi connectivity index (χ2v) is 6.84. The predicted octanol–water partition coefficient (Wildman–Crippen LogP) is 2.35. The summed E-state index contributed by atoms with van der Waals surface area (Å²) < 4.78 is 22.2. The highest BCUT2D eigenvalue weighted by molar-refractivity contribution is 5.91. The van der Waals surface area contributed by atoms with Crippen LogP contribution in [0, 0.1) is 0 Å². The van der Waals surface area contributed by atoms with E-state index >= 15 is 0 Å². The molecule has 1 aliphatic carbocycles. The van der Waals surface area contributed by atoms with Gasteiger partial charge in [-0.05, 0) is 52.9 Å². The van der Waals surface area contributed by atoms with Gasteiger partial charge in [-0.3, -0.25) is 4.79 Å². The summed E-state index contributed by atoms with van der Waals surface area (Å²) in [4.78, 5) is 15.0. The minimum Gasteiger partial charge on any atom is -0.454 e. The maximum absolute atomic E-state index is 13.1. The van der Waals surface area contributed by atoms with E-state index in [1.165, 1.54) is 0 Å². The number of carbonyl (C=O) groups is 1. The number of hydrogen-bond acceptors (Lipinski definition) is 5. The van der Waals surface area contributed by atoms with Crippen LogP contribution in [0.5, 0.6) is 23.0 Å². The maximum atomic E-state index is 13.1. The van der Waals surface area contributed by atoms with Crippen LogP contribution in [0.1, 0.15) is 34.2 Å². The number of fused-ring (bicyclic) bond motifs is 3. The molecule has 5 aliphatic rings. The van der Waals surface area contributed by atoms with Crippen LogP contribution < -0.4 is 18.9 Å². The molecule has 4 aliphatic heterocycles. The zero-order valence-corrected chi connectivity index (χ0v) is 13.6. The van der Waals surface area contributed by atoms with Crippen LogP contribution in [0.4, 0.5) is 0 Å². The number of benzene rings is 2. The second-order valence-electron chi connectivity index (χ2n) is 6.84. The Morgan fingerprint density at radius 3 is 2.08 bits per heavy atom. The molecule has 4 heterocycles. The van der Waals surface area contributed by atoms with Gasteiger partial charge < -0.3 is 23.8 Å². The minimum atomic E-state index is -0.349. The lowest BCUT2D eigenvalue weighted by Gasteiger charge is -2.35. The second kappa shape index (κ2) is 4.39. The smallest absolute Gasteiger partial charge is 0.234 e. The number of ether oxygens (including phenoxy) is 4. The highest BCUT2D eigenvalue weighted by Crippen LogP contribution is 2.52. The van der Waals surface area contributed by atoms with E-state index in [1.807, 2.05) is 36.2 Å². The number of hydrogen-bond donors (Lipinski definition) is 0. The van der Waals surface area contributed by atoms with E-state index in [0.29, 0.717) is 11.5 Å². The third kappa shape index (κ3) is 1.61. The molecule has 6 heteroatoms. The quantitative estimate of drug-likeness (QED) is 0.739. The predicted molar refractivity (Wildman–Crippen MR) is 86.2 cm³/mol. The molecule has 1 amide bonds. The molecule has 25 heavy (non-hydrogen) atoms. The van der Waals surface area contributed by atoms with E-state index in [9.17, 15) is 4.79 Å². The summed E-state index contributed by atoms with van der Waals surface area (Å²) in [7, 11) is 1.88. The first-order valence-electron chi connectivity index (χ1n) is 8.33. The summed E-state index contributed by atoms with van der Waals surface area (Å²) in [6.45, 7) is 0.460. The molecule has 6 nitrogen and oxygen atoms in total. The van der Waals surface area contributed by atoms with Crippen molar-refractivity contribution in [2.24, 2.45) is 0 Å². The molecule has 0 fully saturated rings. The van der Waals surface area contributed by atoms with Crippen molar-refractivity contribution in [3.05, 3.63) is 46.5 Å². The Balaban J connectivity index is 1.63. The van der Waals surface area contributed by atoms with Crippen molar-refractivity contribution in [3.63, 3.8) is 0 Å². The Kier molecular flexibility index (Phi) is 2.35. The van der Waals surface area contributed by atoms with E-state index in [0.717, 1.165) is 40.2 Å². The lowest BCUT2D eigenvalue weighted by Crippen LogP contribution is -2.39. The lowest BCUT2D eigenvalue weighted by molar-refractivity contribution is -0.133. The molecule has 0 saturated heterocycles. The van der Waals surface area contributed by atoms with Crippen molar-refractivity contribution in [3.8, 4) is 23.0 Å². The Labute approximate surface area is 143 Å². The molecule has 126 valence electrons. The average Bonchev–Trinajstić information content (AvgIpc) is 3.21. The van der Waals surface area contributed by atoms with E-state index in [1.54, 1.807) is 0 Å². The van der Waals surface area contributed by atoms with Crippen molar-refractivity contribution >= 4 is 5.91 Å². The fraction of sp³-hybridized carbons (Fsp3) is 0.316. The zero-order valence-electron chi connectivity index (χ0n) is 13.6. The topological polar surface area (TPSA) is 57.2 Å². The molecule has 7 rings (SSSR count). The van der Waals surface area contributed by atoms with Crippen molar-refractivity contribution < 1.29 is 23.7 Å². The molecule has 0 saturated carbocycles. The normalized spacial score (nSPS) is 24.2. The molecular formula is C19H15NO5. The average molecular weight is 337 g/mol. The van der Waals surface area contributed by atoms with Gasteiger partial charge in [-0.15, -0.1) is 0 Å². The van der Waals surface area contributed by atoms with E-state index in [-0.39, 0.29) is 31.5 Å². The van der Waals surface area contributed by atoms with Crippen LogP contribution in [0.2, 0.25) is 0 Å². The summed E-state index contributed by atoms with van der Waals surface area (Å²) in [5.41, 5.74) is 4.28. The van der Waals surface area contributed by atoms with Crippen molar-refractivity contribution in [2.75, 3.05) is 20.6 Å². The first kappa shape index (κ1) is 13.4. The minimum absolute atomic E-state index is 0.0186. The van der Waals surface area contributed by atoms with E-state index in [4.69, 9.17) is 18.9 Å². The molecule has 0 aromatic heterocycles. The van der Waals surface area contributed by atoms with Crippen LogP contribution in [0.25, 0.3) is 0 Å². The summed E-state index contributed by atoms with van der Waals surface area (Å²) in [6, 6.07) is 7.98. The number of nitrogens with zero attached hydrogens (tertiary/aromatic N) is 1. The molecule has 2 unspecified atom stereocenters. The van der Waals surface area contributed by atoms with E-state index < -0.39 is 0 Å². The van der Waals surface area contributed by atoms with Gasteiger partial charge in [0.05, 0.1) is 12.0 Å². The van der Waals surface area contributed by atoms with Gasteiger partial charge in [-0.1, -0.05) is 0 Å². The largest absolute Gasteiger partial charge is 0.454 e. The molecule has 0 spiro atoms. The molecule has 2 aromatic rings. The Bertz CT molecular complexity index is 953. The van der Waals surface area contributed by atoms with Gasteiger partial charge in [0.2, 0.25) is 19.5 Å². The van der Waals surface area contributed by atoms with Gasteiger partial charge in [0.1, 0.15) is 0 Å². The molecule has 0 N–H and O–H groups in total. The summed E-state index contributed by atoms with van der Waals surface area (Å²) >= 11 is 0. The first-order valence-corrected chi connectivity index (χ1v) is 8.33. The number of carbonyl (C=O) groups excluding carboxylic acids is 1. The summed E-state index contributed by atoms with van der Waals surface area (Å²) in [5, 5.41) is 0. The highest BCUT2D eigenvalue weighted by Gasteiger charge is 2.44. The highest BCUT2D eigenvalue weighted by atomic mass is 16.7. The Morgan fingerprint density at radius 2 is 1.40 bits per heavy atom. The van der Waals surface area contributed by atoms with E-state index in [2.05, 4.69) is 0 Å². The molecular weight excluding hydrogens is 322 g/mol. The molecule has 2 bridgehead atoms. The number of amides is 1. The van der Waals surface area contributed by atoms with Gasteiger partial charge >= 0.3 is 0 Å². The Hall–Kier alpha value is -2.89. The Morgan fingerprint density at radius 1 is 0.840 bits per heavy atom. The SMILES string of the molecule is CN1C(=O)C2c3cc4c(cc3CC1c1cc3c(cc12)OCO3)OCO4. The molecule has 0 radical (unpaired) electrons. The van der Waals surface area contributed by atoms with Crippen molar-refractivity contribution in [1.29, 1.82) is 0 Å². The standard InChI is InChI=1S/C19H15NO5/c1-20-13-2-9-3-14-15(23-7-22-14)4-10(9)18(19(20)21)12-6-17-16(5-11(12)13)24-8-25-17/h3-6,13,18H,2,7-8H2,1H3. The maximum Gasteiger partial charge on any atom is 0.234 e. The van der Waals surface area contributed by atoms with Gasteiger partial charge in [0.25, 0.3) is 0 Å². The number of likely N-dealkylation sites (N-methyl/N-ethyl adjacent to an activating group) is 1. The van der Waals surface area contributed by atoms with Crippen molar-refractivity contribution in [1.82, 2.24) is 4.90 Å². The van der Waals surface area contributed by atoms with Crippen LogP contribution in [-0.4, -0.2) is 31.4 Å². The monoisotopic (exact) mass is 337 g/mol. The third-order valence-electron chi connectivity index (χ3n) is 5.67. The third-order valence-corrected chi connectivity index (χ3v) is 5.67. The van der Waals surface area contributed by atoms with Gasteiger partial charge in [0, 0.05) is 7.05 Å². The van der Waals surface area contributed by atoms with Gasteiger partial charge in [-0.2, -0.15) is 0 Å². The molecule has 2 atom stereocenters. The fourth-order valence-electron chi connectivity index (χ4n) is 4.41. The summed E-state index contributed by atoms with van der Waals surface area (Å²) in [6.07, 6.45) is 0.747. The van der Waals surface area contributed by atoms with Crippen LogP contribution in [0.15, 0.2) is 24.3 Å². The van der Waals surface area contributed by atoms with Crippen LogP contribution in [-0.2, 0) is 11.2 Å². The zero-order chi connectivity index (χ0) is 16.7. The van der Waals surface area contributed by atoms with Crippen LogP contribution >= 0.6 is 0 Å². The summed E-state index contributed by atoms with van der Waals surface area (Å²) in [5.74, 6) is 2.69.